The van der Waals surface area contributed by atoms with Crippen LogP contribution in [0.3, 0.4) is 0 Å². The topological polar surface area (TPSA) is 61.8 Å². The van der Waals surface area contributed by atoms with Crippen LogP contribution in [0, 0.1) is 0 Å². The van der Waals surface area contributed by atoms with Gasteiger partial charge in [-0.2, -0.15) is 0 Å². The van der Waals surface area contributed by atoms with Gasteiger partial charge in [0.15, 0.2) is 6.10 Å². The molecule has 0 aromatic heterocycles. The molecule has 0 saturated carbocycles. The maximum Gasteiger partial charge on any atom is 0.306 e. The number of esters is 2. The summed E-state index contributed by atoms with van der Waals surface area (Å²) in [6.07, 6.45) is 57.2. The number of allylic oxidation sites excluding steroid dienone is 8. The molecule has 0 saturated heterocycles. The summed E-state index contributed by atoms with van der Waals surface area (Å²) in [7, 11) is 0. The Labute approximate surface area is 348 Å². The molecule has 0 spiro atoms. The van der Waals surface area contributed by atoms with Crippen molar-refractivity contribution >= 4 is 11.9 Å². The first-order valence-electron chi connectivity index (χ1n) is 24.2. The van der Waals surface area contributed by atoms with Crippen LogP contribution in [0.15, 0.2) is 48.6 Å². The van der Waals surface area contributed by atoms with Gasteiger partial charge in [0.05, 0.1) is 6.61 Å². The Morgan fingerprint density at radius 2 is 0.804 bits per heavy atom. The molecule has 5 nitrogen and oxygen atoms in total. The van der Waals surface area contributed by atoms with E-state index in [2.05, 4.69) is 63.3 Å². The van der Waals surface area contributed by atoms with E-state index in [1.807, 2.05) is 6.08 Å². The molecular weight excluding hydrogens is 693 g/mol. The fraction of sp³-hybridized carbons (Fsp3) is 0.804. The van der Waals surface area contributed by atoms with Crippen LogP contribution in [0.4, 0.5) is 0 Å². The number of unbranched alkanes of at least 4 members (excludes halogenated alkanes) is 25. The van der Waals surface area contributed by atoms with Gasteiger partial charge in [0, 0.05) is 19.4 Å². The van der Waals surface area contributed by atoms with Crippen molar-refractivity contribution in [1.82, 2.24) is 0 Å². The standard InChI is InChI=1S/C51H92O5/c1-4-7-10-13-16-18-20-22-23-24-25-26-27-28-30-32-34-37-40-43-46-54-47-49(56-51(53)45-42-39-35-15-12-9-6-3)48-55-50(52)44-41-38-36-33-31-29-21-19-17-14-11-8-5-2/h8,11,17,19,29,31,36,38,49H,4-7,9-10,12-16,18,20-28,30,32-35,37,39-48H2,1-3H3/b11-8-,19-17-,31-29-,38-36-. The summed E-state index contributed by atoms with van der Waals surface area (Å²) in [5.74, 6) is -0.489. The second-order valence-electron chi connectivity index (χ2n) is 16.0. The quantitative estimate of drug-likeness (QED) is 0.0350. The van der Waals surface area contributed by atoms with Crippen molar-refractivity contribution in [3.63, 3.8) is 0 Å². The summed E-state index contributed by atoms with van der Waals surface area (Å²) in [6, 6.07) is 0. The SMILES string of the molecule is CC/C=C\C/C=C\C/C=C\C/C=C\CCC(=O)OCC(COCCCCCCCCCCCCCCCCCCCCCC)OC(=O)CCCCCCCCC. The van der Waals surface area contributed by atoms with Crippen LogP contribution in [0.2, 0.25) is 0 Å². The van der Waals surface area contributed by atoms with Crippen LogP contribution >= 0.6 is 0 Å². The van der Waals surface area contributed by atoms with Crippen molar-refractivity contribution in [1.29, 1.82) is 0 Å². The van der Waals surface area contributed by atoms with Gasteiger partial charge in [-0.3, -0.25) is 9.59 Å². The summed E-state index contributed by atoms with van der Waals surface area (Å²) in [5, 5.41) is 0. The van der Waals surface area contributed by atoms with Gasteiger partial charge in [0.25, 0.3) is 0 Å². The van der Waals surface area contributed by atoms with E-state index < -0.39 is 6.10 Å². The third-order valence-electron chi connectivity index (χ3n) is 10.4. The van der Waals surface area contributed by atoms with Gasteiger partial charge in [0.1, 0.15) is 6.61 Å². The Morgan fingerprint density at radius 1 is 0.411 bits per heavy atom. The Bertz CT molecular complexity index is 935. The smallest absolute Gasteiger partial charge is 0.306 e. The molecule has 0 fully saturated rings. The maximum atomic E-state index is 12.6. The highest BCUT2D eigenvalue weighted by Gasteiger charge is 2.17. The summed E-state index contributed by atoms with van der Waals surface area (Å²) < 4.78 is 17.2. The average molecular weight is 785 g/mol. The zero-order chi connectivity index (χ0) is 40.7. The first-order chi connectivity index (χ1) is 27.6. The highest BCUT2D eigenvalue weighted by atomic mass is 16.6. The van der Waals surface area contributed by atoms with E-state index in [-0.39, 0.29) is 25.2 Å². The second kappa shape index (κ2) is 47.2. The molecule has 0 heterocycles. The highest BCUT2D eigenvalue weighted by Crippen LogP contribution is 2.15. The van der Waals surface area contributed by atoms with Crippen LogP contribution in [0.25, 0.3) is 0 Å². The minimum atomic E-state index is -0.557. The van der Waals surface area contributed by atoms with E-state index >= 15 is 0 Å². The molecule has 0 bridgehead atoms. The number of hydrogen-bond acceptors (Lipinski definition) is 5. The van der Waals surface area contributed by atoms with Crippen molar-refractivity contribution in [3.8, 4) is 0 Å². The van der Waals surface area contributed by atoms with Crippen LogP contribution < -0.4 is 0 Å². The third-order valence-corrected chi connectivity index (χ3v) is 10.4. The lowest BCUT2D eigenvalue weighted by Crippen LogP contribution is -2.30. The van der Waals surface area contributed by atoms with Crippen molar-refractivity contribution in [2.24, 2.45) is 0 Å². The Hall–Kier alpha value is -2.14. The Balaban J connectivity index is 4.13. The zero-order valence-electron chi connectivity index (χ0n) is 37.4. The van der Waals surface area contributed by atoms with Gasteiger partial charge in [0.2, 0.25) is 0 Å². The molecule has 1 atom stereocenters. The van der Waals surface area contributed by atoms with E-state index in [1.165, 1.54) is 141 Å². The van der Waals surface area contributed by atoms with E-state index in [4.69, 9.17) is 14.2 Å². The van der Waals surface area contributed by atoms with Gasteiger partial charge < -0.3 is 14.2 Å². The molecule has 0 aromatic carbocycles. The maximum absolute atomic E-state index is 12.6. The van der Waals surface area contributed by atoms with Crippen LogP contribution in [-0.2, 0) is 23.8 Å². The molecule has 0 aromatic rings. The summed E-state index contributed by atoms with van der Waals surface area (Å²) in [6.45, 7) is 7.63. The number of rotatable bonds is 44. The zero-order valence-corrected chi connectivity index (χ0v) is 37.4. The molecule has 0 aliphatic heterocycles. The molecule has 0 aliphatic rings. The van der Waals surface area contributed by atoms with Crippen LogP contribution in [-0.4, -0.2) is 37.9 Å². The fourth-order valence-electron chi connectivity index (χ4n) is 6.82. The van der Waals surface area contributed by atoms with E-state index in [1.54, 1.807) is 0 Å². The lowest BCUT2D eigenvalue weighted by Gasteiger charge is -2.18. The van der Waals surface area contributed by atoms with Crippen LogP contribution in [0.1, 0.15) is 239 Å². The average Bonchev–Trinajstić information content (AvgIpc) is 3.20. The lowest BCUT2D eigenvalue weighted by molar-refractivity contribution is -0.162. The molecular formula is C51H92O5. The molecule has 56 heavy (non-hydrogen) atoms. The van der Waals surface area contributed by atoms with Gasteiger partial charge >= 0.3 is 11.9 Å². The predicted octanol–water partition coefficient (Wildman–Crippen LogP) is 16.0. The molecule has 1 unspecified atom stereocenters. The molecule has 0 radical (unpaired) electrons. The highest BCUT2D eigenvalue weighted by molar-refractivity contribution is 5.70. The van der Waals surface area contributed by atoms with Crippen molar-refractivity contribution in [2.45, 2.75) is 245 Å². The van der Waals surface area contributed by atoms with E-state index in [0.29, 0.717) is 25.9 Å². The van der Waals surface area contributed by atoms with Gasteiger partial charge in [-0.1, -0.05) is 230 Å². The molecule has 326 valence electrons. The van der Waals surface area contributed by atoms with Crippen molar-refractivity contribution < 1.29 is 23.8 Å². The fourth-order valence-corrected chi connectivity index (χ4v) is 6.82. The van der Waals surface area contributed by atoms with Crippen molar-refractivity contribution in [3.05, 3.63) is 48.6 Å². The number of carbonyl (C=O) groups is 2. The minimum Gasteiger partial charge on any atom is -0.462 e. The van der Waals surface area contributed by atoms with E-state index in [9.17, 15) is 9.59 Å². The molecule has 5 heteroatoms. The molecule has 0 rings (SSSR count). The predicted molar refractivity (Wildman–Crippen MR) is 242 cm³/mol. The monoisotopic (exact) mass is 785 g/mol. The molecule has 0 aliphatic carbocycles. The molecule has 0 amide bonds. The first-order valence-corrected chi connectivity index (χ1v) is 24.2. The normalized spacial score (nSPS) is 12.6. The first kappa shape index (κ1) is 53.9. The summed E-state index contributed by atoms with van der Waals surface area (Å²) in [4.78, 5) is 25.1. The summed E-state index contributed by atoms with van der Waals surface area (Å²) >= 11 is 0. The van der Waals surface area contributed by atoms with Gasteiger partial charge in [-0.25, -0.2) is 0 Å². The van der Waals surface area contributed by atoms with E-state index in [0.717, 1.165) is 57.8 Å². The van der Waals surface area contributed by atoms with Gasteiger partial charge in [-0.15, -0.1) is 0 Å². The van der Waals surface area contributed by atoms with Crippen molar-refractivity contribution in [2.75, 3.05) is 19.8 Å². The molecule has 0 N–H and O–H groups in total. The minimum absolute atomic E-state index is 0.0506. The Kier molecular flexibility index (Phi) is 45.4. The number of hydrogen-bond donors (Lipinski definition) is 0. The Morgan fingerprint density at radius 3 is 1.25 bits per heavy atom. The number of carbonyl (C=O) groups excluding carboxylic acids is 2. The van der Waals surface area contributed by atoms with Gasteiger partial charge in [-0.05, 0) is 44.9 Å². The lowest BCUT2D eigenvalue weighted by atomic mass is 10.0. The second-order valence-corrected chi connectivity index (χ2v) is 16.0. The van der Waals surface area contributed by atoms with Crippen LogP contribution in [0.5, 0.6) is 0 Å². The third kappa shape index (κ3) is 44.6. The summed E-state index contributed by atoms with van der Waals surface area (Å²) in [5.41, 5.74) is 0. The number of ether oxygens (including phenoxy) is 3. The largest absolute Gasteiger partial charge is 0.462 e.